The molecule has 1 aliphatic rings. The summed E-state index contributed by atoms with van der Waals surface area (Å²) in [5.74, 6) is 0.560. The fourth-order valence-electron chi connectivity index (χ4n) is 1.97. The summed E-state index contributed by atoms with van der Waals surface area (Å²) in [6.45, 7) is 3.74. The molecule has 1 aliphatic heterocycles. The lowest BCUT2D eigenvalue weighted by atomic mass is 10.1. The van der Waals surface area contributed by atoms with Gasteiger partial charge in [-0.2, -0.15) is 0 Å². The third kappa shape index (κ3) is 2.84. The predicted octanol–water partition coefficient (Wildman–Crippen LogP) is 2.28. The van der Waals surface area contributed by atoms with Gasteiger partial charge in [-0.25, -0.2) is 0 Å². The largest absolute Gasteiger partial charge is 0.491 e. The molecule has 1 aromatic carbocycles. The van der Waals surface area contributed by atoms with Crippen LogP contribution in [0, 0.1) is 5.92 Å². The van der Waals surface area contributed by atoms with Gasteiger partial charge in [0, 0.05) is 7.05 Å². The fraction of sp³-hybridized carbons (Fsp3) is 0.333. The maximum Gasteiger partial charge on any atom is 0.233 e. The van der Waals surface area contributed by atoms with Gasteiger partial charge >= 0.3 is 0 Å². The van der Waals surface area contributed by atoms with E-state index in [0.717, 1.165) is 11.3 Å². The Bertz CT molecular complexity index is 548. The molecule has 1 amide bonds. The number of nitrogens with zero attached hydrogens (tertiary/aromatic N) is 1. The normalized spacial score (nSPS) is 19.0. The molecular weight excluding hydrogens is 242 g/mol. The Labute approximate surface area is 112 Å². The number of rotatable bonds is 2. The lowest BCUT2D eigenvalue weighted by Gasteiger charge is -2.18. The van der Waals surface area contributed by atoms with Crippen molar-refractivity contribution in [2.75, 3.05) is 18.6 Å². The molecule has 1 heterocycles. The van der Waals surface area contributed by atoms with E-state index in [0.29, 0.717) is 12.4 Å². The zero-order chi connectivity index (χ0) is 14.0. The number of hydrogen-bond acceptors (Lipinski definition) is 3. The van der Waals surface area contributed by atoms with Gasteiger partial charge in [0.1, 0.15) is 5.75 Å². The molecule has 4 heteroatoms. The Hall–Kier alpha value is -2.10. The summed E-state index contributed by atoms with van der Waals surface area (Å²) in [6.07, 6.45) is 3.24. The average molecular weight is 259 g/mol. The SMILES string of the molecule is CC(=O)/C=C/c1ccc2c(c1)N(C)C(=O)[C@@H](C)CO2. The summed E-state index contributed by atoms with van der Waals surface area (Å²) >= 11 is 0. The van der Waals surface area contributed by atoms with E-state index < -0.39 is 0 Å². The number of ether oxygens (including phenoxy) is 1. The molecule has 19 heavy (non-hydrogen) atoms. The van der Waals surface area contributed by atoms with E-state index in [1.165, 1.54) is 13.0 Å². The lowest BCUT2D eigenvalue weighted by Crippen LogP contribution is -2.31. The first-order chi connectivity index (χ1) is 8.99. The fourth-order valence-corrected chi connectivity index (χ4v) is 1.97. The molecule has 2 rings (SSSR count). The van der Waals surface area contributed by atoms with Gasteiger partial charge in [-0.15, -0.1) is 0 Å². The van der Waals surface area contributed by atoms with Crippen LogP contribution in [0.1, 0.15) is 19.4 Å². The Morgan fingerprint density at radius 1 is 1.47 bits per heavy atom. The van der Waals surface area contributed by atoms with Crippen LogP contribution in [-0.2, 0) is 9.59 Å². The first kappa shape index (κ1) is 13.3. The maximum atomic E-state index is 12.1. The second-order valence-corrected chi connectivity index (χ2v) is 4.78. The minimum atomic E-state index is -0.159. The Morgan fingerprint density at radius 3 is 2.89 bits per heavy atom. The smallest absolute Gasteiger partial charge is 0.233 e. The van der Waals surface area contributed by atoms with Crippen molar-refractivity contribution in [1.82, 2.24) is 0 Å². The van der Waals surface area contributed by atoms with Gasteiger partial charge in [0.2, 0.25) is 5.91 Å². The highest BCUT2D eigenvalue weighted by atomic mass is 16.5. The van der Waals surface area contributed by atoms with Gasteiger partial charge in [0.05, 0.1) is 18.2 Å². The highest BCUT2D eigenvalue weighted by molar-refractivity contribution is 5.97. The number of carbonyl (C=O) groups excluding carboxylic acids is 2. The van der Waals surface area contributed by atoms with E-state index >= 15 is 0 Å². The van der Waals surface area contributed by atoms with E-state index in [2.05, 4.69) is 0 Å². The van der Waals surface area contributed by atoms with Crippen LogP contribution >= 0.6 is 0 Å². The molecule has 100 valence electrons. The van der Waals surface area contributed by atoms with E-state index in [1.807, 2.05) is 25.1 Å². The molecule has 0 unspecified atom stereocenters. The third-order valence-corrected chi connectivity index (χ3v) is 3.10. The molecule has 0 aliphatic carbocycles. The number of benzene rings is 1. The number of fused-ring (bicyclic) bond motifs is 1. The Kier molecular flexibility index (Phi) is 3.69. The molecule has 0 bridgehead atoms. The molecule has 1 atom stereocenters. The molecule has 0 fully saturated rings. The summed E-state index contributed by atoms with van der Waals surface area (Å²) in [5.41, 5.74) is 1.60. The standard InChI is InChI=1S/C15H17NO3/c1-10-9-19-14-7-6-12(5-4-11(2)17)8-13(14)16(3)15(10)18/h4-8,10H,9H2,1-3H3/b5-4+/t10-/m0/s1. The zero-order valence-electron chi connectivity index (χ0n) is 11.3. The number of carbonyl (C=O) groups is 2. The topological polar surface area (TPSA) is 46.6 Å². The van der Waals surface area contributed by atoms with Crippen molar-refractivity contribution in [3.8, 4) is 5.75 Å². The molecule has 0 aromatic heterocycles. The first-order valence-electron chi connectivity index (χ1n) is 6.22. The molecule has 0 spiro atoms. The number of amides is 1. The van der Waals surface area contributed by atoms with Crippen LogP contribution in [0.25, 0.3) is 6.08 Å². The van der Waals surface area contributed by atoms with Crippen LogP contribution in [-0.4, -0.2) is 25.3 Å². The van der Waals surface area contributed by atoms with Crippen LogP contribution in [0.2, 0.25) is 0 Å². The number of allylic oxidation sites excluding steroid dienone is 1. The van der Waals surface area contributed by atoms with Crippen LogP contribution in [0.15, 0.2) is 24.3 Å². The van der Waals surface area contributed by atoms with Gasteiger partial charge in [0.15, 0.2) is 5.78 Å². The number of anilines is 1. The van der Waals surface area contributed by atoms with E-state index in [4.69, 9.17) is 4.74 Å². The molecule has 0 N–H and O–H groups in total. The zero-order valence-corrected chi connectivity index (χ0v) is 11.3. The Balaban J connectivity index is 2.38. The summed E-state index contributed by atoms with van der Waals surface area (Å²) < 4.78 is 5.63. The van der Waals surface area contributed by atoms with Gasteiger partial charge < -0.3 is 9.64 Å². The van der Waals surface area contributed by atoms with Crippen molar-refractivity contribution in [2.24, 2.45) is 5.92 Å². The van der Waals surface area contributed by atoms with Crippen molar-refractivity contribution in [1.29, 1.82) is 0 Å². The molecule has 0 radical (unpaired) electrons. The van der Waals surface area contributed by atoms with Gasteiger partial charge in [0.25, 0.3) is 0 Å². The molecule has 0 saturated carbocycles. The van der Waals surface area contributed by atoms with Crippen molar-refractivity contribution >= 4 is 23.5 Å². The monoisotopic (exact) mass is 259 g/mol. The summed E-state index contributed by atoms with van der Waals surface area (Å²) in [6, 6.07) is 5.55. The summed E-state index contributed by atoms with van der Waals surface area (Å²) in [4.78, 5) is 24.6. The van der Waals surface area contributed by atoms with Crippen LogP contribution in [0.4, 0.5) is 5.69 Å². The van der Waals surface area contributed by atoms with Crippen LogP contribution in [0.3, 0.4) is 0 Å². The van der Waals surface area contributed by atoms with Crippen molar-refractivity contribution in [2.45, 2.75) is 13.8 Å². The second-order valence-electron chi connectivity index (χ2n) is 4.78. The molecule has 1 aromatic rings. The van der Waals surface area contributed by atoms with E-state index in [1.54, 1.807) is 18.0 Å². The van der Waals surface area contributed by atoms with E-state index in [-0.39, 0.29) is 17.6 Å². The van der Waals surface area contributed by atoms with Crippen molar-refractivity contribution in [3.63, 3.8) is 0 Å². The van der Waals surface area contributed by atoms with E-state index in [9.17, 15) is 9.59 Å². The Morgan fingerprint density at radius 2 is 2.21 bits per heavy atom. The van der Waals surface area contributed by atoms with Crippen molar-refractivity contribution < 1.29 is 14.3 Å². The first-order valence-corrected chi connectivity index (χ1v) is 6.22. The lowest BCUT2D eigenvalue weighted by molar-refractivity contribution is -0.122. The average Bonchev–Trinajstić information content (AvgIpc) is 2.49. The van der Waals surface area contributed by atoms with Gasteiger partial charge in [-0.1, -0.05) is 19.1 Å². The molecule has 4 nitrogen and oxygen atoms in total. The van der Waals surface area contributed by atoms with Crippen LogP contribution < -0.4 is 9.64 Å². The highest BCUT2D eigenvalue weighted by Crippen LogP contribution is 2.32. The number of hydrogen-bond donors (Lipinski definition) is 0. The maximum absolute atomic E-state index is 12.1. The third-order valence-electron chi connectivity index (χ3n) is 3.10. The van der Waals surface area contributed by atoms with Gasteiger partial charge in [-0.05, 0) is 30.7 Å². The quantitative estimate of drug-likeness (QED) is 0.765. The molecular formula is C15H17NO3. The van der Waals surface area contributed by atoms with Crippen molar-refractivity contribution in [3.05, 3.63) is 29.8 Å². The number of ketones is 1. The summed E-state index contributed by atoms with van der Waals surface area (Å²) in [5, 5.41) is 0. The van der Waals surface area contributed by atoms with Gasteiger partial charge in [-0.3, -0.25) is 9.59 Å². The summed E-state index contributed by atoms with van der Waals surface area (Å²) in [7, 11) is 1.74. The second kappa shape index (κ2) is 5.26. The predicted molar refractivity (Wildman–Crippen MR) is 74.2 cm³/mol. The van der Waals surface area contributed by atoms with Crippen LogP contribution in [0.5, 0.6) is 5.75 Å². The minimum absolute atomic E-state index is 0.00996. The minimum Gasteiger partial charge on any atom is -0.491 e. The highest BCUT2D eigenvalue weighted by Gasteiger charge is 2.25. The molecule has 0 saturated heterocycles.